The lowest BCUT2D eigenvalue weighted by molar-refractivity contribution is 0.256. The second-order valence-electron chi connectivity index (χ2n) is 5.43. The molecule has 2 rings (SSSR count). The van der Waals surface area contributed by atoms with Gasteiger partial charge >= 0.3 is 0 Å². The monoisotopic (exact) mass is 282 g/mol. The van der Waals surface area contributed by atoms with E-state index in [0.29, 0.717) is 0 Å². The van der Waals surface area contributed by atoms with Crippen LogP contribution in [-0.4, -0.2) is 24.5 Å². The van der Waals surface area contributed by atoms with Crippen molar-refractivity contribution in [2.45, 2.75) is 26.4 Å². The van der Waals surface area contributed by atoms with Crippen molar-refractivity contribution in [2.75, 3.05) is 19.6 Å². The van der Waals surface area contributed by atoms with Crippen molar-refractivity contribution in [3.05, 3.63) is 71.8 Å². The molecule has 0 aliphatic rings. The maximum absolute atomic E-state index is 3.50. The van der Waals surface area contributed by atoms with Crippen LogP contribution in [0.3, 0.4) is 0 Å². The quantitative estimate of drug-likeness (QED) is 0.706. The van der Waals surface area contributed by atoms with E-state index in [1.54, 1.807) is 0 Å². The van der Waals surface area contributed by atoms with Gasteiger partial charge in [0.15, 0.2) is 0 Å². The standard InChI is InChI=1S/C19H26N2/c1-2-13-20-14-15-21(16-18-9-5-3-6-10-18)17-19-11-7-4-8-12-19/h3-12,20H,2,13-17H2,1H3. The minimum atomic E-state index is 1.00. The van der Waals surface area contributed by atoms with Crippen LogP contribution in [0.15, 0.2) is 60.7 Å². The lowest BCUT2D eigenvalue weighted by Crippen LogP contribution is -2.31. The van der Waals surface area contributed by atoms with Gasteiger partial charge in [-0.25, -0.2) is 0 Å². The summed E-state index contributed by atoms with van der Waals surface area (Å²) in [6.45, 7) is 7.44. The first kappa shape index (κ1) is 15.7. The fourth-order valence-corrected chi connectivity index (χ4v) is 2.44. The van der Waals surface area contributed by atoms with Crippen LogP contribution in [-0.2, 0) is 13.1 Å². The first-order valence-corrected chi connectivity index (χ1v) is 7.89. The highest BCUT2D eigenvalue weighted by molar-refractivity contribution is 5.17. The number of rotatable bonds is 9. The third-order valence-electron chi connectivity index (χ3n) is 3.53. The summed E-state index contributed by atoms with van der Waals surface area (Å²) in [5, 5.41) is 3.50. The largest absolute Gasteiger partial charge is 0.315 e. The lowest BCUT2D eigenvalue weighted by atomic mass is 10.1. The molecule has 1 N–H and O–H groups in total. The Labute approximate surface area is 128 Å². The van der Waals surface area contributed by atoms with Gasteiger partial charge in [-0.3, -0.25) is 4.90 Å². The molecule has 0 radical (unpaired) electrons. The number of hydrogen-bond donors (Lipinski definition) is 1. The van der Waals surface area contributed by atoms with Crippen LogP contribution in [0.25, 0.3) is 0 Å². The molecule has 2 nitrogen and oxygen atoms in total. The summed E-state index contributed by atoms with van der Waals surface area (Å²) in [5.74, 6) is 0. The van der Waals surface area contributed by atoms with Gasteiger partial charge in [0.2, 0.25) is 0 Å². The summed E-state index contributed by atoms with van der Waals surface area (Å²) in [4.78, 5) is 2.51. The zero-order valence-corrected chi connectivity index (χ0v) is 13.0. The molecule has 112 valence electrons. The van der Waals surface area contributed by atoms with Gasteiger partial charge in [0.1, 0.15) is 0 Å². The lowest BCUT2D eigenvalue weighted by Gasteiger charge is -2.23. The van der Waals surface area contributed by atoms with E-state index < -0.39 is 0 Å². The molecule has 2 heteroatoms. The van der Waals surface area contributed by atoms with Crippen molar-refractivity contribution in [2.24, 2.45) is 0 Å². The fourth-order valence-electron chi connectivity index (χ4n) is 2.44. The molecule has 0 aliphatic carbocycles. The van der Waals surface area contributed by atoms with Crippen molar-refractivity contribution in [3.8, 4) is 0 Å². The van der Waals surface area contributed by atoms with E-state index in [0.717, 1.165) is 32.7 Å². The Morgan fingerprint density at radius 1 is 0.762 bits per heavy atom. The number of benzene rings is 2. The summed E-state index contributed by atoms with van der Waals surface area (Å²) in [6.07, 6.45) is 1.19. The van der Waals surface area contributed by atoms with E-state index in [1.165, 1.54) is 17.5 Å². The summed E-state index contributed by atoms with van der Waals surface area (Å²) in [5.41, 5.74) is 2.76. The molecule has 0 bridgehead atoms. The van der Waals surface area contributed by atoms with E-state index in [9.17, 15) is 0 Å². The number of nitrogens with zero attached hydrogens (tertiary/aromatic N) is 1. The van der Waals surface area contributed by atoms with Crippen LogP contribution >= 0.6 is 0 Å². The van der Waals surface area contributed by atoms with Crippen molar-refractivity contribution >= 4 is 0 Å². The SMILES string of the molecule is CCCNCCN(Cc1ccccc1)Cc1ccccc1. The topological polar surface area (TPSA) is 15.3 Å². The minimum absolute atomic E-state index is 1.00. The molecule has 0 aliphatic heterocycles. The van der Waals surface area contributed by atoms with E-state index in [2.05, 4.69) is 77.8 Å². The molecule has 0 spiro atoms. The second-order valence-corrected chi connectivity index (χ2v) is 5.43. The zero-order valence-electron chi connectivity index (χ0n) is 13.0. The van der Waals surface area contributed by atoms with Crippen LogP contribution in [0.5, 0.6) is 0 Å². The molecule has 0 saturated carbocycles. The van der Waals surface area contributed by atoms with Crippen molar-refractivity contribution < 1.29 is 0 Å². The number of nitrogens with one attached hydrogen (secondary N) is 1. The molecule has 0 unspecified atom stereocenters. The maximum Gasteiger partial charge on any atom is 0.0237 e. The van der Waals surface area contributed by atoms with E-state index >= 15 is 0 Å². The van der Waals surface area contributed by atoms with Crippen LogP contribution in [0.2, 0.25) is 0 Å². The first-order valence-electron chi connectivity index (χ1n) is 7.89. The summed E-state index contributed by atoms with van der Waals surface area (Å²) in [7, 11) is 0. The predicted octanol–water partition coefficient (Wildman–Crippen LogP) is 3.69. The molecular formula is C19H26N2. The highest BCUT2D eigenvalue weighted by atomic mass is 15.1. The number of hydrogen-bond acceptors (Lipinski definition) is 2. The van der Waals surface area contributed by atoms with Gasteiger partial charge in [0.25, 0.3) is 0 Å². The Morgan fingerprint density at radius 2 is 1.29 bits per heavy atom. The third-order valence-corrected chi connectivity index (χ3v) is 3.53. The van der Waals surface area contributed by atoms with Crippen molar-refractivity contribution in [3.63, 3.8) is 0 Å². The molecule has 2 aromatic carbocycles. The average molecular weight is 282 g/mol. The second kappa shape index (κ2) is 9.32. The Hall–Kier alpha value is -1.64. The molecule has 0 aromatic heterocycles. The summed E-state index contributed by atoms with van der Waals surface area (Å²) >= 11 is 0. The Morgan fingerprint density at radius 3 is 1.76 bits per heavy atom. The normalized spacial score (nSPS) is 11.0. The van der Waals surface area contributed by atoms with Gasteiger partial charge in [0, 0.05) is 26.2 Å². The smallest absolute Gasteiger partial charge is 0.0237 e. The van der Waals surface area contributed by atoms with Gasteiger partial charge in [-0.1, -0.05) is 67.6 Å². The first-order chi connectivity index (χ1) is 10.4. The predicted molar refractivity (Wildman–Crippen MR) is 90.2 cm³/mol. The fraction of sp³-hybridized carbons (Fsp3) is 0.368. The molecule has 0 saturated heterocycles. The van der Waals surface area contributed by atoms with Crippen LogP contribution in [0, 0.1) is 0 Å². The van der Waals surface area contributed by atoms with Gasteiger partial charge < -0.3 is 5.32 Å². The summed E-state index contributed by atoms with van der Waals surface area (Å²) in [6, 6.07) is 21.4. The highest BCUT2D eigenvalue weighted by Gasteiger charge is 2.06. The maximum atomic E-state index is 3.50. The Balaban J connectivity index is 1.93. The van der Waals surface area contributed by atoms with E-state index in [-0.39, 0.29) is 0 Å². The Bertz CT molecular complexity index is 440. The van der Waals surface area contributed by atoms with Crippen molar-refractivity contribution in [1.29, 1.82) is 0 Å². The molecule has 2 aromatic rings. The molecule has 0 atom stereocenters. The van der Waals surface area contributed by atoms with E-state index in [1.807, 2.05) is 0 Å². The zero-order chi connectivity index (χ0) is 14.8. The van der Waals surface area contributed by atoms with Crippen molar-refractivity contribution in [1.82, 2.24) is 10.2 Å². The van der Waals surface area contributed by atoms with Gasteiger partial charge in [-0.2, -0.15) is 0 Å². The van der Waals surface area contributed by atoms with Crippen LogP contribution < -0.4 is 5.32 Å². The molecule has 0 amide bonds. The van der Waals surface area contributed by atoms with Gasteiger partial charge in [0.05, 0.1) is 0 Å². The van der Waals surface area contributed by atoms with E-state index in [4.69, 9.17) is 0 Å². The Kier molecular flexibility index (Phi) is 6.99. The van der Waals surface area contributed by atoms with Gasteiger partial charge in [-0.05, 0) is 24.1 Å². The van der Waals surface area contributed by atoms with Crippen LogP contribution in [0.4, 0.5) is 0 Å². The minimum Gasteiger partial charge on any atom is -0.315 e. The average Bonchev–Trinajstić information content (AvgIpc) is 2.53. The van der Waals surface area contributed by atoms with Crippen LogP contribution in [0.1, 0.15) is 24.5 Å². The molecule has 21 heavy (non-hydrogen) atoms. The third kappa shape index (κ3) is 6.11. The summed E-state index contributed by atoms with van der Waals surface area (Å²) < 4.78 is 0. The highest BCUT2D eigenvalue weighted by Crippen LogP contribution is 2.09. The molecule has 0 heterocycles. The van der Waals surface area contributed by atoms with Gasteiger partial charge in [-0.15, -0.1) is 0 Å². The molecular weight excluding hydrogens is 256 g/mol. The molecule has 0 fully saturated rings.